The number of amides is 2. The van der Waals surface area contributed by atoms with Crippen LogP contribution in [0.25, 0.3) is 0 Å². The van der Waals surface area contributed by atoms with E-state index >= 15 is 0 Å². The first-order valence-electron chi connectivity index (χ1n) is 5.85. The lowest BCUT2D eigenvalue weighted by atomic mass is 10.3. The van der Waals surface area contributed by atoms with E-state index in [9.17, 15) is 9.59 Å². The van der Waals surface area contributed by atoms with Gasteiger partial charge in [0.1, 0.15) is 0 Å². The Hall–Kier alpha value is -1.95. The minimum absolute atomic E-state index is 0.480. The Morgan fingerprint density at radius 3 is 2.61 bits per heavy atom. The van der Waals surface area contributed by atoms with Crippen molar-refractivity contribution in [3.05, 3.63) is 24.5 Å². The first-order chi connectivity index (χ1) is 8.66. The van der Waals surface area contributed by atoms with Gasteiger partial charge in [0, 0.05) is 32.4 Å². The van der Waals surface area contributed by atoms with Gasteiger partial charge in [0.15, 0.2) is 0 Å². The van der Waals surface area contributed by atoms with Crippen molar-refractivity contribution >= 4 is 17.5 Å². The number of rotatable bonds is 1. The fourth-order valence-corrected chi connectivity index (χ4v) is 1.77. The van der Waals surface area contributed by atoms with Crippen molar-refractivity contribution in [1.29, 1.82) is 0 Å². The molecule has 0 unspecified atom stereocenters. The molecule has 0 aromatic carbocycles. The second-order valence-electron chi connectivity index (χ2n) is 4.29. The maximum atomic E-state index is 11.9. The van der Waals surface area contributed by atoms with Crippen LogP contribution in [0.5, 0.6) is 0 Å². The number of likely N-dealkylation sites (N-methyl/N-ethyl adjacent to an activating group) is 1. The Morgan fingerprint density at radius 2 is 2.00 bits per heavy atom. The topological polar surface area (TPSA) is 65.5 Å². The molecule has 0 spiro atoms. The summed E-state index contributed by atoms with van der Waals surface area (Å²) in [5.41, 5.74) is 0.532. The molecule has 2 amide bonds. The van der Waals surface area contributed by atoms with E-state index < -0.39 is 11.8 Å². The van der Waals surface area contributed by atoms with Crippen LogP contribution in [0.15, 0.2) is 24.5 Å². The number of anilines is 1. The summed E-state index contributed by atoms with van der Waals surface area (Å²) in [6, 6.07) is 3.40. The predicted molar refractivity (Wildman–Crippen MR) is 66.9 cm³/mol. The quantitative estimate of drug-likeness (QED) is 0.699. The molecule has 18 heavy (non-hydrogen) atoms. The molecular weight excluding hydrogens is 232 g/mol. The van der Waals surface area contributed by atoms with Crippen LogP contribution >= 0.6 is 0 Å². The zero-order valence-corrected chi connectivity index (χ0v) is 10.3. The molecule has 1 aromatic rings. The molecule has 6 nitrogen and oxygen atoms in total. The highest BCUT2D eigenvalue weighted by Gasteiger charge is 2.24. The van der Waals surface area contributed by atoms with E-state index in [0.29, 0.717) is 18.8 Å². The van der Waals surface area contributed by atoms with E-state index in [2.05, 4.69) is 15.2 Å². The number of nitrogens with zero attached hydrogens (tertiary/aromatic N) is 3. The predicted octanol–water partition coefficient (Wildman–Crippen LogP) is -0.206. The van der Waals surface area contributed by atoms with Crippen molar-refractivity contribution in [2.24, 2.45) is 0 Å². The number of carbonyl (C=O) groups excluding carboxylic acids is 2. The number of hydrogen-bond donors (Lipinski definition) is 1. The minimum Gasteiger partial charge on any atom is -0.332 e. The van der Waals surface area contributed by atoms with Crippen molar-refractivity contribution in [3.8, 4) is 0 Å². The molecule has 2 rings (SSSR count). The van der Waals surface area contributed by atoms with Crippen LogP contribution in [0, 0.1) is 0 Å². The molecule has 6 heteroatoms. The summed E-state index contributed by atoms with van der Waals surface area (Å²) in [7, 11) is 2.00. The lowest BCUT2D eigenvalue weighted by Gasteiger charge is -2.31. The highest BCUT2D eigenvalue weighted by molar-refractivity contribution is 6.39. The molecule has 1 aromatic heterocycles. The third-order valence-corrected chi connectivity index (χ3v) is 2.90. The smallest absolute Gasteiger partial charge is 0.313 e. The Labute approximate surface area is 106 Å². The van der Waals surface area contributed by atoms with Gasteiger partial charge >= 0.3 is 11.8 Å². The number of aromatic nitrogens is 1. The second-order valence-corrected chi connectivity index (χ2v) is 4.29. The Morgan fingerprint density at radius 1 is 1.28 bits per heavy atom. The van der Waals surface area contributed by atoms with E-state index in [-0.39, 0.29) is 0 Å². The van der Waals surface area contributed by atoms with Crippen LogP contribution in [0.1, 0.15) is 0 Å². The maximum Gasteiger partial charge on any atom is 0.313 e. The highest BCUT2D eigenvalue weighted by Crippen LogP contribution is 2.05. The molecule has 2 heterocycles. The second kappa shape index (κ2) is 5.59. The van der Waals surface area contributed by atoms with Crippen LogP contribution in [0.4, 0.5) is 5.69 Å². The number of hydrogen-bond acceptors (Lipinski definition) is 4. The molecular formula is C12H16N4O2. The number of nitrogens with one attached hydrogen (secondary N) is 1. The molecule has 1 aliphatic heterocycles. The van der Waals surface area contributed by atoms with Crippen LogP contribution in [-0.4, -0.2) is 59.8 Å². The van der Waals surface area contributed by atoms with Crippen LogP contribution < -0.4 is 5.32 Å². The average Bonchev–Trinajstić information content (AvgIpc) is 2.40. The van der Waals surface area contributed by atoms with Gasteiger partial charge in [-0.2, -0.15) is 0 Å². The summed E-state index contributed by atoms with van der Waals surface area (Å²) in [6.45, 7) is 2.78. The fraction of sp³-hybridized carbons (Fsp3) is 0.417. The first-order valence-corrected chi connectivity index (χ1v) is 5.85. The number of piperazine rings is 1. The van der Waals surface area contributed by atoms with E-state index in [1.807, 2.05) is 7.05 Å². The summed E-state index contributed by atoms with van der Waals surface area (Å²) in [5, 5.41) is 2.54. The molecule has 0 bridgehead atoms. The van der Waals surface area contributed by atoms with Gasteiger partial charge in [-0.25, -0.2) is 0 Å². The van der Waals surface area contributed by atoms with Crippen LogP contribution in [0.3, 0.4) is 0 Å². The molecule has 1 saturated heterocycles. The standard InChI is InChI=1S/C12H16N4O2/c1-15-5-7-16(8-6-15)12(18)11(17)14-10-3-2-4-13-9-10/h2-4,9H,5-8H2,1H3,(H,14,17). The molecule has 1 N–H and O–H groups in total. The fourth-order valence-electron chi connectivity index (χ4n) is 1.77. The van der Waals surface area contributed by atoms with E-state index in [4.69, 9.17) is 0 Å². The molecule has 96 valence electrons. The molecule has 0 atom stereocenters. The highest BCUT2D eigenvalue weighted by atomic mass is 16.2. The summed E-state index contributed by atoms with van der Waals surface area (Å²) < 4.78 is 0. The summed E-state index contributed by atoms with van der Waals surface area (Å²) in [5.74, 6) is -1.08. The third-order valence-electron chi connectivity index (χ3n) is 2.90. The van der Waals surface area contributed by atoms with Crippen LogP contribution in [0.2, 0.25) is 0 Å². The van der Waals surface area contributed by atoms with E-state index in [1.54, 1.807) is 23.2 Å². The molecule has 1 aliphatic rings. The zero-order chi connectivity index (χ0) is 13.0. The Bertz CT molecular complexity index is 427. The van der Waals surface area contributed by atoms with Gasteiger partial charge in [-0.3, -0.25) is 14.6 Å². The van der Waals surface area contributed by atoms with Crippen molar-refractivity contribution in [2.75, 3.05) is 38.5 Å². The summed E-state index contributed by atoms with van der Waals surface area (Å²) in [6.07, 6.45) is 3.12. The van der Waals surface area contributed by atoms with Crippen LogP contribution in [-0.2, 0) is 9.59 Å². The summed E-state index contributed by atoms with van der Waals surface area (Å²) >= 11 is 0. The first kappa shape index (κ1) is 12.5. The normalized spacial score (nSPS) is 16.4. The van der Waals surface area contributed by atoms with Gasteiger partial charge < -0.3 is 15.1 Å². The van der Waals surface area contributed by atoms with Gasteiger partial charge in [0.2, 0.25) is 0 Å². The largest absolute Gasteiger partial charge is 0.332 e. The van der Waals surface area contributed by atoms with Gasteiger partial charge in [-0.15, -0.1) is 0 Å². The minimum atomic E-state index is -0.604. The van der Waals surface area contributed by atoms with Gasteiger partial charge in [-0.05, 0) is 19.2 Å². The average molecular weight is 248 g/mol. The third kappa shape index (κ3) is 3.04. The molecule has 0 saturated carbocycles. The lowest BCUT2D eigenvalue weighted by Crippen LogP contribution is -2.50. The molecule has 0 radical (unpaired) electrons. The van der Waals surface area contributed by atoms with Crippen molar-refractivity contribution in [3.63, 3.8) is 0 Å². The monoisotopic (exact) mass is 248 g/mol. The van der Waals surface area contributed by atoms with Gasteiger partial charge in [0.05, 0.1) is 11.9 Å². The zero-order valence-electron chi connectivity index (χ0n) is 10.3. The SMILES string of the molecule is CN1CCN(C(=O)C(=O)Nc2cccnc2)CC1. The molecule has 0 aliphatic carbocycles. The number of carbonyl (C=O) groups is 2. The Kier molecular flexibility index (Phi) is 3.88. The van der Waals surface area contributed by atoms with Crippen molar-refractivity contribution < 1.29 is 9.59 Å². The lowest BCUT2D eigenvalue weighted by molar-refractivity contribution is -0.144. The van der Waals surface area contributed by atoms with E-state index in [0.717, 1.165) is 13.1 Å². The number of pyridine rings is 1. The molecule has 1 fully saturated rings. The Balaban J connectivity index is 1.91. The van der Waals surface area contributed by atoms with Gasteiger partial charge in [-0.1, -0.05) is 0 Å². The maximum absolute atomic E-state index is 11.9. The van der Waals surface area contributed by atoms with Crippen molar-refractivity contribution in [1.82, 2.24) is 14.8 Å². The van der Waals surface area contributed by atoms with E-state index in [1.165, 1.54) is 6.20 Å². The van der Waals surface area contributed by atoms with Crippen molar-refractivity contribution in [2.45, 2.75) is 0 Å². The summed E-state index contributed by atoms with van der Waals surface area (Å²) in [4.78, 5) is 31.2. The van der Waals surface area contributed by atoms with Gasteiger partial charge in [0.25, 0.3) is 0 Å².